The Morgan fingerprint density at radius 3 is 2.08 bits per heavy atom. The molecular weight excluding hydrogens is 400 g/mol. The molecule has 1 aliphatic rings. The third-order valence-electron chi connectivity index (χ3n) is 4.03. The topological polar surface area (TPSA) is 225 Å². The van der Waals surface area contributed by atoms with Crippen LogP contribution in [0.1, 0.15) is 0 Å². The van der Waals surface area contributed by atoms with Crippen molar-refractivity contribution >= 4 is 21.3 Å². The van der Waals surface area contributed by atoms with Gasteiger partial charge in [-0.15, -0.1) is 0 Å². The minimum atomic E-state index is -5.17. The fraction of sp³-hybridized carbons (Fsp3) is 1.00. The van der Waals surface area contributed by atoms with Crippen molar-refractivity contribution in [1.29, 1.82) is 0 Å². The van der Waals surface area contributed by atoms with Gasteiger partial charge in [0.2, 0.25) is 0 Å². The second-order valence-electron chi connectivity index (χ2n) is 5.94. The van der Waals surface area contributed by atoms with E-state index in [0.717, 1.165) is 0 Å². The zero-order chi connectivity index (χ0) is 20.2. The molecule has 156 valence electrons. The molecule has 9 atom stereocenters. The molecule has 26 heavy (non-hydrogen) atoms. The average molecular weight is 425 g/mol. The molecule has 0 bridgehead atoms. The van der Waals surface area contributed by atoms with Crippen LogP contribution in [-0.2, 0) is 25.5 Å². The van der Waals surface area contributed by atoms with E-state index >= 15 is 0 Å². The van der Waals surface area contributed by atoms with Crippen LogP contribution < -0.4 is 0 Å². The van der Waals surface area contributed by atoms with Crippen LogP contribution in [0.3, 0.4) is 0 Å². The Kier molecular flexibility index (Phi) is 9.12. The molecule has 9 N–H and O–H groups in total. The Balaban J connectivity index is 2.95. The summed E-state index contributed by atoms with van der Waals surface area (Å²) in [5, 5.41) is 76.0. The Labute approximate surface area is 152 Å². The van der Waals surface area contributed by atoms with E-state index in [1.54, 1.807) is 0 Å². The van der Waals surface area contributed by atoms with E-state index in [1.807, 2.05) is 0 Å². The van der Waals surface area contributed by atoms with Gasteiger partial charge in [-0.3, -0.25) is 4.55 Å². The summed E-state index contributed by atoms with van der Waals surface area (Å²) in [7, 11) is -6.18. The largest absolute Gasteiger partial charge is 0.397 e. The molecule has 0 aromatic heterocycles. The van der Waals surface area contributed by atoms with Crippen molar-refractivity contribution in [3.05, 3.63) is 0 Å². The molecule has 1 heterocycles. The van der Waals surface area contributed by atoms with Gasteiger partial charge < -0.3 is 40.9 Å². The number of hydrogen-bond donors (Lipinski definition) is 9. The minimum absolute atomic E-state index is 0.0139. The van der Waals surface area contributed by atoms with Gasteiger partial charge in [-0.2, -0.15) is 8.42 Å². The predicted octanol–water partition coefficient (Wildman–Crippen LogP) is -5.68. The van der Waals surface area contributed by atoms with E-state index in [1.165, 1.54) is 0 Å². The Bertz CT molecular complexity index is 530. The summed E-state index contributed by atoms with van der Waals surface area (Å²) >= 11 is 0. The third kappa shape index (κ3) is 6.22. The molecule has 1 rings (SSSR count). The molecule has 1 fully saturated rings. The number of hydrogen-bond acceptors (Lipinski definition) is 11. The first-order valence-corrected chi connectivity index (χ1v) is 10.5. The van der Waals surface area contributed by atoms with E-state index in [0.29, 0.717) is 0 Å². The molecule has 14 heteroatoms. The molecule has 0 unspecified atom stereocenters. The van der Waals surface area contributed by atoms with E-state index in [9.17, 15) is 44.2 Å². The number of aliphatic hydroxyl groups excluding tert-OH is 8. The maximum atomic E-state index is 11.0. The smallest absolute Gasteiger partial charge is 0.394 e. The van der Waals surface area contributed by atoms with Gasteiger partial charge in [0, 0.05) is 10.9 Å². The molecule has 0 aromatic rings. The molecule has 1 aliphatic heterocycles. The number of rotatable bonds is 10. The normalized spacial score (nSPS) is 32.8. The molecule has 0 aliphatic carbocycles. The van der Waals surface area contributed by atoms with Crippen molar-refractivity contribution < 1.29 is 58.0 Å². The Morgan fingerprint density at radius 1 is 1.04 bits per heavy atom. The lowest BCUT2D eigenvalue weighted by molar-refractivity contribution is -0.129. The van der Waals surface area contributed by atoms with Crippen LogP contribution in [-0.4, -0.2) is 127 Å². The zero-order valence-electron chi connectivity index (χ0n) is 13.5. The van der Waals surface area contributed by atoms with Gasteiger partial charge in [0.25, 0.3) is 0 Å². The molecule has 0 spiro atoms. The van der Waals surface area contributed by atoms with Crippen LogP contribution in [0.5, 0.6) is 0 Å². The van der Waals surface area contributed by atoms with Crippen molar-refractivity contribution in [3.63, 3.8) is 0 Å². The second-order valence-corrected chi connectivity index (χ2v) is 9.33. The summed E-state index contributed by atoms with van der Waals surface area (Å²) in [5.74, 6) is -0.363. The van der Waals surface area contributed by atoms with Gasteiger partial charge in [-0.1, -0.05) is 0 Å². The fourth-order valence-corrected chi connectivity index (χ4v) is 5.83. The highest BCUT2D eigenvalue weighted by atomic mass is 32.3. The first kappa shape index (κ1) is 23.9. The first-order chi connectivity index (χ1) is 11.9. The summed E-state index contributed by atoms with van der Waals surface area (Å²) in [6.07, 6.45) is -12.6. The molecule has 0 radical (unpaired) electrons. The third-order valence-corrected chi connectivity index (χ3v) is 7.32. The maximum absolute atomic E-state index is 11.0. The van der Waals surface area contributed by atoms with Crippen LogP contribution in [0, 0.1) is 0 Å². The summed E-state index contributed by atoms with van der Waals surface area (Å²) in [6.45, 7) is -1.51. The van der Waals surface area contributed by atoms with Gasteiger partial charge in [-0.05, 0) is 0 Å². The lowest BCUT2D eigenvalue weighted by Gasteiger charge is -2.30. The van der Waals surface area contributed by atoms with Gasteiger partial charge in [0.05, 0.1) is 13.2 Å². The first-order valence-electron chi connectivity index (χ1n) is 7.55. The van der Waals surface area contributed by atoms with Gasteiger partial charge >= 0.3 is 10.4 Å². The Hall–Kier alpha value is -0.100. The highest BCUT2D eigenvalue weighted by Crippen LogP contribution is 2.26. The van der Waals surface area contributed by atoms with Crippen molar-refractivity contribution in [2.45, 2.75) is 48.0 Å². The van der Waals surface area contributed by atoms with Gasteiger partial charge in [0.1, 0.15) is 54.2 Å². The maximum Gasteiger partial charge on any atom is 0.397 e. The summed E-state index contributed by atoms with van der Waals surface area (Å²) in [5.41, 5.74) is 0. The van der Waals surface area contributed by atoms with Crippen molar-refractivity contribution in [1.82, 2.24) is 0 Å². The summed E-state index contributed by atoms with van der Waals surface area (Å²) in [6, 6.07) is 0. The minimum Gasteiger partial charge on any atom is -0.394 e. The van der Waals surface area contributed by atoms with E-state index in [-0.39, 0.29) is 11.5 Å². The SMILES string of the molecule is O=S(=O)(O)O[C@@H]([C@H](O)[C@@H](O)[C@H](O)CO)[C@H](O)C[S@+]1C[C@@H](O)[C@H](O)[C@H]1CO. The van der Waals surface area contributed by atoms with Crippen molar-refractivity contribution in [2.24, 2.45) is 0 Å². The zero-order valence-corrected chi connectivity index (χ0v) is 15.1. The van der Waals surface area contributed by atoms with Crippen LogP contribution in [0.4, 0.5) is 0 Å². The standard InChI is InChI=1S/C12H24O12S2/c13-1-5(15)10(19)11(20)12(24-26(21,22)23)7(17)4-25-3-6(16)9(18)8(25)2-14/h5-20H,1-4H2/p+1/t5-,6-,7-,8-,9+,10+,11-,12-,25+/m1/s1. The quantitative estimate of drug-likeness (QED) is 0.118. The van der Waals surface area contributed by atoms with E-state index in [4.69, 9.17) is 9.66 Å². The van der Waals surface area contributed by atoms with Crippen LogP contribution in [0.2, 0.25) is 0 Å². The van der Waals surface area contributed by atoms with E-state index < -0.39 is 82.5 Å². The molecule has 1 saturated heterocycles. The average Bonchev–Trinajstić information content (AvgIpc) is 2.82. The molecule has 0 amide bonds. The molecule has 12 nitrogen and oxygen atoms in total. The van der Waals surface area contributed by atoms with Crippen LogP contribution in [0.15, 0.2) is 0 Å². The van der Waals surface area contributed by atoms with Crippen molar-refractivity contribution in [2.75, 3.05) is 24.7 Å². The lowest BCUT2D eigenvalue weighted by Crippen LogP contribution is -2.53. The van der Waals surface area contributed by atoms with Gasteiger partial charge in [-0.25, -0.2) is 4.18 Å². The predicted molar refractivity (Wildman–Crippen MR) is 87.5 cm³/mol. The highest BCUT2D eigenvalue weighted by Gasteiger charge is 2.52. The van der Waals surface area contributed by atoms with Crippen LogP contribution in [0.25, 0.3) is 0 Å². The van der Waals surface area contributed by atoms with E-state index in [2.05, 4.69) is 4.18 Å². The molecular formula is C12H25O12S2+. The monoisotopic (exact) mass is 425 g/mol. The highest BCUT2D eigenvalue weighted by molar-refractivity contribution is 7.97. The Morgan fingerprint density at radius 2 is 1.62 bits per heavy atom. The fourth-order valence-electron chi connectivity index (χ4n) is 2.62. The lowest BCUT2D eigenvalue weighted by atomic mass is 10.0. The summed E-state index contributed by atoms with van der Waals surface area (Å²) < 4.78 is 35.0. The van der Waals surface area contributed by atoms with Crippen LogP contribution >= 0.6 is 0 Å². The van der Waals surface area contributed by atoms with Gasteiger partial charge in [0.15, 0.2) is 5.25 Å². The molecule has 0 saturated carbocycles. The molecule has 0 aromatic carbocycles. The van der Waals surface area contributed by atoms with Crippen molar-refractivity contribution in [3.8, 4) is 0 Å². The number of aliphatic hydroxyl groups is 8. The summed E-state index contributed by atoms with van der Waals surface area (Å²) in [4.78, 5) is 0. The second kappa shape index (κ2) is 9.90.